The largest absolute Gasteiger partial charge is 0.493 e. The molecule has 0 aliphatic rings. The van der Waals surface area contributed by atoms with Crippen LogP contribution in [0.25, 0.3) is 0 Å². The normalized spacial score (nSPS) is 10.4. The molecule has 0 aliphatic carbocycles. The molecule has 0 unspecified atom stereocenters. The summed E-state index contributed by atoms with van der Waals surface area (Å²) >= 11 is 0. The summed E-state index contributed by atoms with van der Waals surface area (Å²) in [5.74, 6) is 1.33. The Morgan fingerprint density at radius 3 is 2.00 bits per heavy atom. The number of methoxy groups -OCH3 is 5. The maximum absolute atomic E-state index is 12.2. The predicted octanol–water partition coefficient (Wildman–Crippen LogP) is 1.61. The first-order valence-electron chi connectivity index (χ1n) is 9.09. The number of nitrogens with zero attached hydrogens (tertiary/aromatic N) is 1. The Labute approximate surface area is 180 Å². The quantitative estimate of drug-likeness (QED) is 0.434. The van der Waals surface area contributed by atoms with Gasteiger partial charge in [0.05, 0.1) is 48.3 Å². The number of ether oxygens (including phenoxy) is 5. The van der Waals surface area contributed by atoms with E-state index >= 15 is 0 Å². The molecule has 0 bridgehead atoms. The van der Waals surface area contributed by atoms with Crippen LogP contribution < -0.4 is 34.4 Å². The van der Waals surface area contributed by atoms with Crippen LogP contribution in [0, 0.1) is 0 Å². The van der Waals surface area contributed by atoms with E-state index in [2.05, 4.69) is 15.8 Å². The molecule has 166 valence electrons. The van der Waals surface area contributed by atoms with Gasteiger partial charge in [-0.3, -0.25) is 9.59 Å². The van der Waals surface area contributed by atoms with Gasteiger partial charge in [-0.15, -0.1) is 0 Å². The van der Waals surface area contributed by atoms with Crippen molar-refractivity contribution in [2.75, 3.05) is 42.1 Å². The van der Waals surface area contributed by atoms with Gasteiger partial charge in [0.1, 0.15) is 0 Å². The third-order valence-electron chi connectivity index (χ3n) is 4.15. The second kappa shape index (κ2) is 11.3. The Morgan fingerprint density at radius 1 is 0.839 bits per heavy atom. The van der Waals surface area contributed by atoms with Crippen LogP contribution >= 0.6 is 0 Å². The van der Waals surface area contributed by atoms with Gasteiger partial charge in [0.15, 0.2) is 23.0 Å². The number of nitrogens with one attached hydrogen (secondary N) is 2. The molecule has 0 aliphatic heterocycles. The van der Waals surface area contributed by atoms with E-state index in [-0.39, 0.29) is 6.54 Å². The molecule has 31 heavy (non-hydrogen) atoms. The Bertz CT molecular complexity index is 935. The van der Waals surface area contributed by atoms with Gasteiger partial charge in [0.2, 0.25) is 5.75 Å². The molecule has 0 spiro atoms. The highest BCUT2D eigenvalue weighted by molar-refractivity contribution is 5.97. The second-order valence-corrected chi connectivity index (χ2v) is 6.00. The molecule has 0 atom stereocenters. The van der Waals surface area contributed by atoms with Crippen molar-refractivity contribution in [1.82, 2.24) is 10.7 Å². The molecule has 2 rings (SSSR count). The highest BCUT2D eigenvalue weighted by atomic mass is 16.5. The lowest BCUT2D eigenvalue weighted by molar-refractivity contribution is -0.120. The van der Waals surface area contributed by atoms with E-state index in [1.807, 2.05) is 0 Å². The maximum atomic E-state index is 12.2. The zero-order valence-corrected chi connectivity index (χ0v) is 18.0. The van der Waals surface area contributed by atoms with E-state index in [9.17, 15) is 9.59 Å². The van der Waals surface area contributed by atoms with Gasteiger partial charge in [0, 0.05) is 11.1 Å². The van der Waals surface area contributed by atoms with Gasteiger partial charge in [0.25, 0.3) is 11.8 Å². The van der Waals surface area contributed by atoms with E-state index in [1.54, 1.807) is 24.3 Å². The van der Waals surface area contributed by atoms with Crippen molar-refractivity contribution in [3.05, 3.63) is 41.5 Å². The zero-order chi connectivity index (χ0) is 22.8. The Hall–Kier alpha value is -3.95. The SMILES string of the molecule is COc1ccc(C(=O)NCC(=O)N/N=C/c2cc(OC)c(OC)c(OC)c2)cc1OC. The summed E-state index contributed by atoms with van der Waals surface area (Å²) in [5, 5.41) is 6.39. The number of hydrogen-bond donors (Lipinski definition) is 2. The van der Waals surface area contributed by atoms with Crippen molar-refractivity contribution in [2.24, 2.45) is 5.10 Å². The third kappa shape index (κ3) is 6.01. The molecular formula is C21H25N3O7. The fraction of sp³-hybridized carbons (Fsp3) is 0.286. The first kappa shape index (κ1) is 23.3. The highest BCUT2D eigenvalue weighted by Crippen LogP contribution is 2.37. The van der Waals surface area contributed by atoms with E-state index in [4.69, 9.17) is 23.7 Å². The van der Waals surface area contributed by atoms with Crippen LogP contribution in [0.1, 0.15) is 15.9 Å². The molecule has 2 N–H and O–H groups in total. The molecule has 0 saturated carbocycles. The van der Waals surface area contributed by atoms with Crippen molar-refractivity contribution in [1.29, 1.82) is 0 Å². The van der Waals surface area contributed by atoms with Gasteiger partial charge in [-0.2, -0.15) is 5.10 Å². The summed E-state index contributed by atoms with van der Waals surface area (Å²) in [6, 6.07) is 8.05. The van der Waals surface area contributed by atoms with E-state index < -0.39 is 11.8 Å². The molecule has 2 aromatic carbocycles. The molecule has 0 fully saturated rings. The van der Waals surface area contributed by atoms with Crippen LogP contribution in [-0.4, -0.2) is 60.1 Å². The van der Waals surface area contributed by atoms with Crippen molar-refractivity contribution in [2.45, 2.75) is 0 Å². The number of hydrazone groups is 1. The average Bonchev–Trinajstić information content (AvgIpc) is 2.81. The molecule has 0 saturated heterocycles. The molecule has 10 nitrogen and oxygen atoms in total. The first-order chi connectivity index (χ1) is 15.0. The minimum atomic E-state index is -0.502. The summed E-state index contributed by atoms with van der Waals surface area (Å²) in [7, 11) is 7.48. The van der Waals surface area contributed by atoms with E-state index in [1.165, 1.54) is 47.8 Å². The lowest BCUT2D eigenvalue weighted by Crippen LogP contribution is -2.34. The van der Waals surface area contributed by atoms with Crippen molar-refractivity contribution >= 4 is 18.0 Å². The Kier molecular flexibility index (Phi) is 8.50. The lowest BCUT2D eigenvalue weighted by Gasteiger charge is -2.12. The van der Waals surface area contributed by atoms with Crippen LogP contribution in [0.5, 0.6) is 28.7 Å². The second-order valence-electron chi connectivity index (χ2n) is 6.00. The third-order valence-corrected chi connectivity index (χ3v) is 4.15. The topological polar surface area (TPSA) is 117 Å². The minimum absolute atomic E-state index is 0.264. The number of carbonyl (C=O) groups is 2. The Morgan fingerprint density at radius 2 is 1.45 bits per heavy atom. The summed E-state index contributed by atoms with van der Waals surface area (Å²) in [6.45, 7) is -0.264. The van der Waals surface area contributed by atoms with Crippen LogP contribution in [0.15, 0.2) is 35.4 Å². The lowest BCUT2D eigenvalue weighted by atomic mass is 10.2. The maximum Gasteiger partial charge on any atom is 0.259 e. The van der Waals surface area contributed by atoms with Gasteiger partial charge in [-0.1, -0.05) is 0 Å². The number of carbonyl (C=O) groups excluding carboxylic acids is 2. The standard InChI is InChI=1S/C21H25N3O7/c1-27-15-7-6-14(10-16(15)28-2)21(26)22-12-19(25)24-23-11-13-8-17(29-3)20(31-5)18(9-13)30-4/h6-11H,12H2,1-5H3,(H,22,26)(H,24,25)/b23-11+. The predicted molar refractivity (Wildman–Crippen MR) is 114 cm³/mol. The van der Waals surface area contributed by atoms with Crippen molar-refractivity contribution < 1.29 is 33.3 Å². The molecule has 0 radical (unpaired) electrons. The van der Waals surface area contributed by atoms with Crippen molar-refractivity contribution in [3.8, 4) is 28.7 Å². The molecular weight excluding hydrogens is 406 g/mol. The van der Waals surface area contributed by atoms with Crippen LogP contribution in [-0.2, 0) is 4.79 Å². The Balaban J connectivity index is 1.95. The van der Waals surface area contributed by atoms with E-state index in [0.29, 0.717) is 39.9 Å². The zero-order valence-electron chi connectivity index (χ0n) is 18.0. The molecule has 2 amide bonds. The van der Waals surface area contributed by atoms with Gasteiger partial charge < -0.3 is 29.0 Å². The van der Waals surface area contributed by atoms with Gasteiger partial charge in [-0.25, -0.2) is 5.43 Å². The number of benzene rings is 2. The summed E-state index contributed by atoms with van der Waals surface area (Å²) in [4.78, 5) is 24.2. The summed E-state index contributed by atoms with van der Waals surface area (Å²) in [6.07, 6.45) is 1.42. The number of hydrogen-bond acceptors (Lipinski definition) is 8. The van der Waals surface area contributed by atoms with Gasteiger partial charge in [-0.05, 0) is 30.3 Å². The fourth-order valence-electron chi connectivity index (χ4n) is 2.63. The van der Waals surface area contributed by atoms with Crippen LogP contribution in [0.2, 0.25) is 0 Å². The first-order valence-corrected chi connectivity index (χ1v) is 9.09. The summed E-state index contributed by atoms with van der Waals surface area (Å²) < 4.78 is 26.1. The highest BCUT2D eigenvalue weighted by Gasteiger charge is 2.13. The minimum Gasteiger partial charge on any atom is -0.493 e. The average molecular weight is 431 g/mol. The van der Waals surface area contributed by atoms with Crippen molar-refractivity contribution in [3.63, 3.8) is 0 Å². The van der Waals surface area contributed by atoms with Crippen LogP contribution in [0.4, 0.5) is 0 Å². The number of amides is 2. The van der Waals surface area contributed by atoms with E-state index in [0.717, 1.165) is 0 Å². The van der Waals surface area contributed by atoms with Crippen LogP contribution in [0.3, 0.4) is 0 Å². The number of rotatable bonds is 10. The smallest absolute Gasteiger partial charge is 0.259 e. The molecule has 2 aromatic rings. The summed E-state index contributed by atoms with van der Waals surface area (Å²) in [5.41, 5.74) is 3.28. The van der Waals surface area contributed by atoms with Gasteiger partial charge >= 0.3 is 0 Å². The molecule has 0 aromatic heterocycles. The molecule has 0 heterocycles. The monoisotopic (exact) mass is 431 g/mol. The fourth-order valence-corrected chi connectivity index (χ4v) is 2.63. The molecule has 10 heteroatoms.